The zero-order valence-corrected chi connectivity index (χ0v) is 10.9. The fraction of sp³-hybridized carbons (Fsp3) is 0.769. The molecule has 1 saturated carbocycles. The Morgan fingerprint density at radius 3 is 2.50 bits per heavy atom. The second kappa shape index (κ2) is 4.72. The summed E-state index contributed by atoms with van der Waals surface area (Å²) in [6.45, 7) is 1.55. The van der Waals surface area contributed by atoms with E-state index in [0.717, 1.165) is 0 Å². The average molecular weight is 292 g/mol. The third kappa shape index (κ3) is 1.86. The van der Waals surface area contributed by atoms with Gasteiger partial charge in [0.05, 0.1) is 17.4 Å². The molecule has 1 aromatic rings. The number of hydrogen-bond acceptors (Lipinski definition) is 2. The van der Waals surface area contributed by atoms with Crippen LogP contribution in [0.2, 0.25) is 0 Å². The normalized spacial score (nSPS) is 40.9. The average Bonchev–Trinajstić information content (AvgIpc) is 2.86. The molecule has 2 aliphatic rings. The maximum absolute atomic E-state index is 14.0. The number of nitrogens with zero attached hydrogens (tertiary/aromatic N) is 2. The van der Waals surface area contributed by atoms with Crippen molar-refractivity contribution in [3.63, 3.8) is 0 Å². The fourth-order valence-electron chi connectivity index (χ4n) is 3.25. The summed E-state index contributed by atoms with van der Waals surface area (Å²) in [7, 11) is 0. The Labute approximate surface area is 113 Å². The lowest BCUT2D eigenvalue weighted by atomic mass is 9.92. The highest BCUT2D eigenvalue weighted by molar-refractivity contribution is 5.37. The topological polar surface area (TPSA) is 38.0 Å². The standard InChI is InChI=1S/C13H16F4N2O/c1-5-9-12(10(16)11(17)13(9)20)19(18-5)6-2-3-7(14)8(15)4-6/h6-8,10-11,13,20H,2-4H2,1H3/t6-,7-,8+,10+,11-,13+/m1/s1. The van der Waals surface area contributed by atoms with Crippen LogP contribution in [0.3, 0.4) is 0 Å². The number of fused-ring (bicyclic) bond motifs is 1. The first-order chi connectivity index (χ1) is 9.41. The lowest BCUT2D eigenvalue weighted by molar-refractivity contribution is 0.0417. The predicted molar refractivity (Wildman–Crippen MR) is 63.3 cm³/mol. The molecule has 1 heterocycles. The van der Waals surface area contributed by atoms with Crippen LogP contribution < -0.4 is 0 Å². The lowest BCUT2D eigenvalue weighted by Gasteiger charge is -2.29. The fourth-order valence-corrected chi connectivity index (χ4v) is 3.25. The summed E-state index contributed by atoms with van der Waals surface area (Å²) in [5.74, 6) is 0. The Kier molecular flexibility index (Phi) is 3.27. The van der Waals surface area contributed by atoms with Crippen molar-refractivity contribution in [2.45, 2.75) is 63.0 Å². The molecular formula is C13H16F4N2O. The minimum Gasteiger partial charge on any atom is -0.385 e. The number of alkyl halides is 4. The number of aryl methyl sites for hydroxylation is 1. The van der Waals surface area contributed by atoms with Crippen LogP contribution in [-0.4, -0.2) is 33.4 Å². The molecule has 6 atom stereocenters. The molecular weight excluding hydrogens is 276 g/mol. The van der Waals surface area contributed by atoms with Gasteiger partial charge < -0.3 is 5.11 Å². The van der Waals surface area contributed by atoms with E-state index in [0.29, 0.717) is 12.1 Å². The highest BCUT2D eigenvalue weighted by atomic mass is 19.2. The molecule has 0 unspecified atom stereocenters. The van der Waals surface area contributed by atoms with Gasteiger partial charge in [0.1, 0.15) is 18.4 Å². The SMILES string of the molecule is Cc1nn([C@@H]2CC[C@@H](F)[C@@H](F)C2)c2c1[C@H](O)[C@H](F)[C@@H]2F. The van der Waals surface area contributed by atoms with Gasteiger partial charge in [-0.2, -0.15) is 5.10 Å². The molecule has 0 aliphatic heterocycles. The Bertz CT molecular complexity index is 521. The van der Waals surface area contributed by atoms with Crippen molar-refractivity contribution in [1.82, 2.24) is 9.78 Å². The zero-order valence-electron chi connectivity index (χ0n) is 10.9. The molecule has 3 nitrogen and oxygen atoms in total. The van der Waals surface area contributed by atoms with Crippen molar-refractivity contribution < 1.29 is 22.7 Å². The molecule has 1 aromatic heterocycles. The Balaban J connectivity index is 1.97. The van der Waals surface area contributed by atoms with Crippen molar-refractivity contribution >= 4 is 0 Å². The van der Waals surface area contributed by atoms with Crippen molar-refractivity contribution in [3.05, 3.63) is 17.0 Å². The molecule has 7 heteroatoms. The van der Waals surface area contributed by atoms with Gasteiger partial charge in [-0.1, -0.05) is 0 Å². The van der Waals surface area contributed by atoms with Gasteiger partial charge >= 0.3 is 0 Å². The van der Waals surface area contributed by atoms with Crippen LogP contribution in [0.15, 0.2) is 0 Å². The maximum Gasteiger partial charge on any atom is 0.176 e. The Morgan fingerprint density at radius 2 is 1.85 bits per heavy atom. The first kappa shape index (κ1) is 13.9. The van der Waals surface area contributed by atoms with Gasteiger partial charge in [-0.25, -0.2) is 17.6 Å². The van der Waals surface area contributed by atoms with Crippen LogP contribution in [0.5, 0.6) is 0 Å². The van der Waals surface area contributed by atoms with Crippen molar-refractivity contribution in [2.75, 3.05) is 0 Å². The molecule has 2 aliphatic carbocycles. The van der Waals surface area contributed by atoms with Gasteiger partial charge in [0.25, 0.3) is 0 Å². The van der Waals surface area contributed by atoms with Crippen LogP contribution in [-0.2, 0) is 0 Å². The number of halogens is 4. The van der Waals surface area contributed by atoms with E-state index in [-0.39, 0.29) is 24.1 Å². The number of hydrogen-bond donors (Lipinski definition) is 1. The number of rotatable bonds is 1. The molecule has 0 radical (unpaired) electrons. The highest BCUT2D eigenvalue weighted by Gasteiger charge is 2.47. The summed E-state index contributed by atoms with van der Waals surface area (Å²) in [6.07, 6.45) is -8.38. The predicted octanol–water partition coefficient (Wildman–Crippen LogP) is 2.99. The summed E-state index contributed by atoms with van der Waals surface area (Å²) in [4.78, 5) is 0. The maximum atomic E-state index is 14.0. The minimum atomic E-state index is -2.02. The second-order valence-corrected chi connectivity index (χ2v) is 5.62. The van der Waals surface area contributed by atoms with Gasteiger partial charge in [0.2, 0.25) is 0 Å². The van der Waals surface area contributed by atoms with Gasteiger partial charge in [-0.05, 0) is 19.8 Å². The third-order valence-electron chi connectivity index (χ3n) is 4.32. The molecule has 0 spiro atoms. The molecule has 1 N–H and O–H groups in total. The molecule has 112 valence electrons. The third-order valence-corrected chi connectivity index (χ3v) is 4.32. The van der Waals surface area contributed by atoms with E-state index in [1.807, 2.05) is 0 Å². The molecule has 0 saturated heterocycles. The van der Waals surface area contributed by atoms with E-state index in [1.165, 1.54) is 4.68 Å². The molecule has 0 aromatic carbocycles. The van der Waals surface area contributed by atoms with E-state index in [9.17, 15) is 22.7 Å². The summed E-state index contributed by atoms with van der Waals surface area (Å²) >= 11 is 0. The smallest absolute Gasteiger partial charge is 0.176 e. The largest absolute Gasteiger partial charge is 0.385 e. The minimum absolute atomic E-state index is 0.0167. The summed E-state index contributed by atoms with van der Waals surface area (Å²) in [5.41, 5.74) is 0.480. The van der Waals surface area contributed by atoms with Crippen LogP contribution in [0.25, 0.3) is 0 Å². The number of aliphatic hydroxyl groups is 1. The van der Waals surface area contributed by atoms with Crippen LogP contribution in [0.4, 0.5) is 17.6 Å². The first-order valence-corrected chi connectivity index (χ1v) is 6.75. The van der Waals surface area contributed by atoms with Crippen molar-refractivity contribution in [2.24, 2.45) is 0 Å². The monoisotopic (exact) mass is 292 g/mol. The highest BCUT2D eigenvalue weighted by Crippen LogP contribution is 2.47. The van der Waals surface area contributed by atoms with Crippen molar-refractivity contribution in [3.8, 4) is 0 Å². The Hall–Kier alpha value is -1.11. The zero-order chi connectivity index (χ0) is 14.6. The van der Waals surface area contributed by atoms with Crippen LogP contribution >= 0.6 is 0 Å². The Morgan fingerprint density at radius 1 is 1.15 bits per heavy atom. The molecule has 0 bridgehead atoms. The van der Waals surface area contributed by atoms with Crippen molar-refractivity contribution in [1.29, 1.82) is 0 Å². The number of aliphatic hydroxyl groups excluding tert-OH is 1. The van der Waals surface area contributed by atoms with E-state index >= 15 is 0 Å². The van der Waals surface area contributed by atoms with Gasteiger partial charge in [-0.3, -0.25) is 4.68 Å². The quantitative estimate of drug-likeness (QED) is 0.808. The van der Waals surface area contributed by atoms with Gasteiger partial charge in [0.15, 0.2) is 12.3 Å². The van der Waals surface area contributed by atoms with Crippen LogP contribution in [0.1, 0.15) is 54.5 Å². The second-order valence-electron chi connectivity index (χ2n) is 5.62. The van der Waals surface area contributed by atoms with Gasteiger partial charge in [0, 0.05) is 12.0 Å². The van der Waals surface area contributed by atoms with E-state index in [1.54, 1.807) is 6.92 Å². The van der Waals surface area contributed by atoms with E-state index in [2.05, 4.69) is 5.10 Å². The first-order valence-electron chi connectivity index (χ1n) is 6.75. The molecule has 0 amide bonds. The number of aromatic nitrogens is 2. The summed E-state index contributed by atoms with van der Waals surface area (Å²) in [6, 6.07) is -0.491. The summed E-state index contributed by atoms with van der Waals surface area (Å²) in [5, 5.41) is 13.8. The van der Waals surface area contributed by atoms with Gasteiger partial charge in [-0.15, -0.1) is 0 Å². The molecule has 20 heavy (non-hydrogen) atoms. The van der Waals surface area contributed by atoms with Crippen LogP contribution in [0, 0.1) is 6.92 Å². The molecule has 3 rings (SSSR count). The lowest BCUT2D eigenvalue weighted by Crippen LogP contribution is -2.30. The van der Waals surface area contributed by atoms with E-state index in [4.69, 9.17) is 0 Å². The molecule has 1 fully saturated rings. The van der Waals surface area contributed by atoms with E-state index < -0.39 is 36.8 Å². The summed E-state index contributed by atoms with van der Waals surface area (Å²) < 4.78 is 55.5.